The van der Waals surface area contributed by atoms with Crippen molar-refractivity contribution < 1.29 is 14.3 Å². The molecule has 2 rings (SSSR count). The van der Waals surface area contributed by atoms with E-state index in [9.17, 15) is 9.59 Å². The maximum Gasteiger partial charge on any atom is 0.332 e. The highest BCUT2D eigenvalue weighted by atomic mass is 16.5. The van der Waals surface area contributed by atoms with Gasteiger partial charge in [0.2, 0.25) is 0 Å². The van der Waals surface area contributed by atoms with Crippen molar-refractivity contribution >= 4 is 11.8 Å². The zero-order chi connectivity index (χ0) is 14.8. The third-order valence-corrected chi connectivity index (χ3v) is 3.78. The van der Waals surface area contributed by atoms with Crippen LogP contribution in [0, 0.1) is 5.41 Å². The summed E-state index contributed by atoms with van der Waals surface area (Å²) in [5.41, 5.74) is 0.329. The molecule has 1 saturated heterocycles. The van der Waals surface area contributed by atoms with Gasteiger partial charge in [-0.3, -0.25) is 4.79 Å². The smallest absolute Gasteiger partial charge is 0.332 e. The van der Waals surface area contributed by atoms with Gasteiger partial charge in [0.1, 0.15) is 0 Å². The molecule has 0 bridgehead atoms. The Bertz CT molecular complexity index is 496. The summed E-state index contributed by atoms with van der Waals surface area (Å²) in [6, 6.07) is 0. The highest BCUT2D eigenvalue weighted by Gasteiger charge is 2.40. The molecule has 4 heteroatoms. The fraction of sp³-hybridized carbons (Fsp3) is 0.500. The van der Waals surface area contributed by atoms with E-state index in [1.807, 2.05) is 12.2 Å². The van der Waals surface area contributed by atoms with E-state index in [1.165, 1.54) is 6.08 Å². The molecule has 0 aromatic heterocycles. The Hall–Kier alpha value is -1.84. The van der Waals surface area contributed by atoms with Gasteiger partial charge in [-0.2, -0.15) is 0 Å². The zero-order valence-electron chi connectivity index (χ0n) is 12.2. The highest BCUT2D eigenvalue weighted by Crippen LogP contribution is 2.43. The van der Waals surface area contributed by atoms with Gasteiger partial charge < -0.3 is 10.1 Å². The van der Waals surface area contributed by atoms with Gasteiger partial charge in [-0.15, -0.1) is 0 Å². The van der Waals surface area contributed by atoms with Crippen LogP contribution in [-0.4, -0.2) is 23.9 Å². The molecule has 1 heterocycles. The summed E-state index contributed by atoms with van der Waals surface area (Å²) in [7, 11) is 0. The van der Waals surface area contributed by atoms with Crippen molar-refractivity contribution in [3.63, 3.8) is 0 Å². The minimum atomic E-state index is -0.393. The molecular formula is C16H21NO3. The zero-order valence-corrected chi connectivity index (χ0v) is 12.2. The molecule has 0 saturated carbocycles. The van der Waals surface area contributed by atoms with E-state index >= 15 is 0 Å². The molecule has 1 aliphatic carbocycles. The van der Waals surface area contributed by atoms with Crippen LogP contribution < -0.4 is 5.32 Å². The Kier molecular flexibility index (Phi) is 3.84. The van der Waals surface area contributed by atoms with Crippen molar-refractivity contribution in [1.29, 1.82) is 0 Å². The number of piperidine rings is 1. The summed E-state index contributed by atoms with van der Waals surface area (Å²) >= 11 is 0. The molecule has 1 spiro atoms. The quantitative estimate of drug-likeness (QED) is 0.620. The number of hydrogen-bond acceptors (Lipinski definition) is 4. The molecule has 1 aliphatic heterocycles. The molecule has 1 fully saturated rings. The normalized spacial score (nSPS) is 24.8. The predicted molar refractivity (Wildman–Crippen MR) is 76.9 cm³/mol. The molecule has 0 atom stereocenters. The van der Waals surface area contributed by atoms with Crippen molar-refractivity contribution in [3.05, 3.63) is 36.1 Å². The number of rotatable bonds is 2. The maximum absolute atomic E-state index is 11.8. The number of nitrogens with one attached hydrogen (secondary N) is 1. The molecule has 0 unspecified atom stereocenters. The second-order valence-corrected chi connectivity index (χ2v) is 5.93. The average molecular weight is 275 g/mol. The topological polar surface area (TPSA) is 55.4 Å². The summed E-state index contributed by atoms with van der Waals surface area (Å²) in [5, 5.41) is 3.40. The van der Waals surface area contributed by atoms with Gasteiger partial charge in [0, 0.05) is 22.7 Å². The lowest BCUT2D eigenvalue weighted by atomic mass is 9.70. The summed E-state index contributed by atoms with van der Waals surface area (Å²) in [4.78, 5) is 23.1. The maximum atomic E-state index is 11.8. The Morgan fingerprint density at radius 1 is 1.35 bits per heavy atom. The molecular weight excluding hydrogens is 254 g/mol. The third kappa shape index (κ3) is 3.00. The van der Waals surface area contributed by atoms with Crippen LogP contribution in [0.1, 0.15) is 33.6 Å². The second-order valence-electron chi connectivity index (χ2n) is 5.93. The van der Waals surface area contributed by atoms with E-state index in [0.717, 1.165) is 18.5 Å². The molecule has 4 nitrogen and oxygen atoms in total. The van der Waals surface area contributed by atoms with Gasteiger partial charge in [-0.25, -0.2) is 4.79 Å². The first-order valence-electron chi connectivity index (χ1n) is 6.96. The Labute approximate surface area is 119 Å². The van der Waals surface area contributed by atoms with Crippen molar-refractivity contribution in [3.8, 4) is 0 Å². The minimum absolute atomic E-state index is 0.0176. The molecule has 0 radical (unpaired) electrons. The minimum Gasteiger partial charge on any atom is -0.463 e. The van der Waals surface area contributed by atoms with Gasteiger partial charge >= 0.3 is 5.97 Å². The highest BCUT2D eigenvalue weighted by molar-refractivity contribution is 6.00. The van der Waals surface area contributed by atoms with E-state index in [4.69, 9.17) is 4.74 Å². The monoisotopic (exact) mass is 275 g/mol. The molecule has 0 aromatic rings. The van der Waals surface area contributed by atoms with E-state index in [1.54, 1.807) is 19.1 Å². The number of ketones is 1. The molecule has 20 heavy (non-hydrogen) atoms. The SMILES string of the molecule is CCOC(=O)/C=C1\NC(C)(C)CCC12C=CC(=O)C=C2. The Morgan fingerprint density at radius 3 is 2.60 bits per heavy atom. The average Bonchev–Trinajstić information content (AvgIpc) is 2.37. The van der Waals surface area contributed by atoms with Crippen molar-refractivity contribution in [1.82, 2.24) is 5.32 Å². The molecule has 1 N–H and O–H groups in total. The van der Waals surface area contributed by atoms with E-state index in [2.05, 4.69) is 19.2 Å². The fourth-order valence-electron chi connectivity index (χ4n) is 2.59. The van der Waals surface area contributed by atoms with Crippen LogP contribution in [0.3, 0.4) is 0 Å². The van der Waals surface area contributed by atoms with Crippen LogP contribution in [0.25, 0.3) is 0 Å². The number of ether oxygens (including phenoxy) is 1. The first-order valence-corrected chi connectivity index (χ1v) is 6.96. The Balaban J connectivity index is 2.35. The van der Waals surface area contributed by atoms with Crippen LogP contribution in [0.15, 0.2) is 36.1 Å². The van der Waals surface area contributed by atoms with Crippen molar-refractivity contribution in [2.75, 3.05) is 6.61 Å². The van der Waals surface area contributed by atoms with Crippen LogP contribution in [0.2, 0.25) is 0 Å². The standard InChI is InChI=1S/C16H21NO3/c1-4-20-14(19)11-13-16(7-5-12(18)6-8-16)10-9-15(2,3)17-13/h5-8,11,17H,4,9-10H2,1-3H3/b13-11-. The van der Waals surface area contributed by atoms with Gasteiger partial charge in [0.25, 0.3) is 0 Å². The van der Waals surface area contributed by atoms with Gasteiger partial charge in [-0.1, -0.05) is 12.2 Å². The van der Waals surface area contributed by atoms with Gasteiger partial charge in [-0.05, 0) is 45.8 Å². The summed E-state index contributed by atoms with van der Waals surface area (Å²) < 4.78 is 5.00. The fourth-order valence-corrected chi connectivity index (χ4v) is 2.59. The number of esters is 1. The summed E-state index contributed by atoms with van der Waals surface area (Å²) in [5.74, 6) is -0.373. The number of hydrogen-bond donors (Lipinski definition) is 1. The molecule has 0 amide bonds. The van der Waals surface area contributed by atoms with Crippen molar-refractivity contribution in [2.24, 2.45) is 5.41 Å². The lowest BCUT2D eigenvalue weighted by molar-refractivity contribution is -0.137. The summed E-state index contributed by atoms with van der Waals surface area (Å²) in [6.45, 7) is 6.33. The first kappa shape index (κ1) is 14.6. The molecule has 108 valence electrons. The summed E-state index contributed by atoms with van der Waals surface area (Å²) in [6.07, 6.45) is 10.2. The Morgan fingerprint density at radius 2 is 2.00 bits per heavy atom. The van der Waals surface area contributed by atoms with Crippen LogP contribution in [0.5, 0.6) is 0 Å². The number of carbonyl (C=O) groups is 2. The van der Waals surface area contributed by atoms with E-state index < -0.39 is 5.41 Å². The van der Waals surface area contributed by atoms with E-state index in [-0.39, 0.29) is 17.3 Å². The largest absolute Gasteiger partial charge is 0.463 e. The lowest BCUT2D eigenvalue weighted by Gasteiger charge is -2.44. The predicted octanol–water partition coefficient (Wildman–Crippen LogP) is 2.28. The molecule has 0 aromatic carbocycles. The lowest BCUT2D eigenvalue weighted by Crippen LogP contribution is -2.49. The third-order valence-electron chi connectivity index (χ3n) is 3.78. The van der Waals surface area contributed by atoms with Crippen molar-refractivity contribution in [2.45, 2.75) is 39.2 Å². The van der Waals surface area contributed by atoms with Gasteiger partial charge in [0.15, 0.2) is 5.78 Å². The van der Waals surface area contributed by atoms with Crippen LogP contribution >= 0.6 is 0 Å². The van der Waals surface area contributed by atoms with Gasteiger partial charge in [0.05, 0.1) is 6.61 Å². The van der Waals surface area contributed by atoms with Crippen LogP contribution in [-0.2, 0) is 14.3 Å². The number of carbonyl (C=O) groups excluding carboxylic acids is 2. The molecule has 2 aliphatic rings. The second kappa shape index (κ2) is 5.27. The van der Waals surface area contributed by atoms with Crippen LogP contribution in [0.4, 0.5) is 0 Å². The first-order chi connectivity index (χ1) is 9.37. The number of allylic oxidation sites excluding steroid dienone is 3. The van der Waals surface area contributed by atoms with E-state index in [0.29, 0.717) is 6.61 Å².